The SMILES string of the molecule is Cc1cc(-c2cc(N3CCOCC3)nc3c(-c4ccnn4C4CCCCO4)nccc23)cnc1S(C)(=O)=O. The fourth-order valence-corrected chi connectivity index (χ4v) is 6.15. The predicted molar refractivity (Wildman–Crippen MR) is 144 cm³/mol. The van der Waals surface area contributed by atoms with Gasteiger partial charge in [-0.2, -0.15) is 5.10 Å². The zero-order chi connectivity index (χ0) is 26.3. The highest BCUT2D eigenvalue weighted by Gasteiger charge is 2.24. The van der Waals surface area contributed by atoms with Crippen LogP contribution in [0.2, 0.25) is 0 Å². The van der Waals surface area contributed by atoms with Gasteiger partial charge >= 0.3 is 0 Å². The standard InChI is InChI=1S/C27H30N6O4S/c1-18-15-19(17-29-27(18)38(2,34)35)21-16-23(32-10-13-36-14-11-32)31-25-20(21)6-8-28-26(25)22-7-9-30-33(22)24-5-3-4-12-37-24/h6-9,15-17,24H,3-5,10-14H2,1-2H3. The van der Waals surface area contributed by atoms with Gasteiger partial charge in [0.2, 0.25) is 0 Å². The molecule has 0 spiro atoms. The van der Waals surface area contributed by atoms with E-state index >= 15 is 0 Å². The number of hydrogen-bond acceptors (Lipinski definition) is 9. The molecule has 0 bridgehead atoms. The van der Waals surface area contributed by atoms with Crippen molar-refractivity contribution < 1.29 is 17.9 Å². The molecule has 38 heavy (non-hydrogen) atoms. The van der Waals surface area contributed by atoms with Crippen LogP contribution >= 0.6 is 0 Å². The number of sulfone groups is 1. The summed E-state index contributed by atoms with van der Waals surface area (Å²) in [7, 11) is -3.43. The molecule has 2 fully saturated rings. The summed E-state index contributed by atoms with van der Waals surface area (Å²) in [4.78, 5) is 16.4. The van der Waals surface area contributed by atoms with Gasteiger partial charge in [-0.15, -0.1) is 0 Å². The van der Waals surface area contributed by atoms with E-state index in [-0.39, 0.29) is 11.3 Å². The molecule has 10 nitrogen and oxygen atoms in total. The Morgan fingerprint density at radius 2 is 1.87 bits per heavy atom. The highest BCUT2D eigenvalue weighted by atomic mass is 32.2. The van der Waals surface area contributed by atoms with Crippen LogP contribution in [0.3, 0.4) is 0 Å². The number of pyridine rings is 3. The number of aryl methyl sites for hydroxylation is 1. The lowest BCUT2D eigenvalue weighted by atomic mass is 10.0. The minimum Gasteiger partial charge on any atom is -0.378 e. The summed E-state index contributed by atoms with van der Waals surface area (Å²) < 4.78 is 37.9. The maximum atomic E-state index is 12.2. The molecule has 2 saturated heterocycles. The molecule has 0 radical (unpaired) electrons. The van der Waals surface area contributed by atoms with Gasteiger partial charge in [0, 0.05) is 55.5 Å². The highest BCUT2D eigenvalue weighted by Crippen LogP contribution is 2.37. The van der Waals surface area contributed by atoms with Crippen molar-refractivity contribution >= 4 is 26.6 Å². The quantitative estimate of drug-likeness (QED) is 0.377. The Morgan fingerprint density at radius 1 is 1.03 bits per heavy atom. The second kappa shape index (κ2) is 10.0. The first-order chi connectivity index (χ1) is 18.4. The van der Waals surface area contributed by atoms with Crippen LogP contribution in [0.25, 0.3) is 33.4 Å². The van der Waals surface area contributed by atoms with Gasteiger partial charge in [-0.1, -0.05) is 0 Å². The Kier molecular flexibility index (Phi) is 6.58. The first-order valence-corrected chi connectivity index (χ1v) is 14.7. The molecule has 0 amide bonds. The number of rotatable bonds is 5. The summed E-state index contributed by atoms with van der Waals surface area (Å²) in [5, 5.41) is 5.58. The molecule has 6 rings (SSSR count). The normalized spacial score (nSPS) is 18.7. The van der Waals surface area contributed by atoms with Crippen molar-refractivity contribution in [2.75, 3.05) is 44.1 Å². The number of hydrogen-bond donors (Lipinski definition) is 0. The number of ether oxygens (including phenoxy) is 2. The molecule has 4 aromatic heterocycles. The van der Waals surface area contributed by atoms with E-state index in [2.05, 4.69) is 21.0 Å². The minimum atomic E-state index is -3.43. The molecule has 2 aliphatic heterocycles. The van der Waals surface area contributed by atoms with Crippen molar-refractivity contribution in [1.29, 1.82) is 0 Å². The largest absolute Gasteiger partial charge is 0.378 e. The maximum absolute atomic E-state index is 12.2. The second-order valence-corrected chi connectivity index (χ2v) is 11.7. The van der Waals surface area contributed by atoms with E-state index < -0.39 is 9.84 Å². The molecule has 6 heterocycles. The average Bonchev–Trinajstić information content (AvgIpc) is 3.42. The summed E-state index contributed by atoms with van der Waals surface area (Å²) >= 11 is 0. The molecular weight excluding hydrogens is 504 g/mol. The highest BCUT2D eigenvalue weighted by molar-refractivity contribution is 7.90. The summed E-state index contributed by atoms with van der Waals surface area (Å²) in [6.07, 6.45) is 9.27. The van der Waals surface area contributed by atoms with Gasteiger partial charge in [-0.25, -0.2) is 23.1 Å². The summed E-state index contributed by atoms with van der Waals surface area (Å²) in [5.41, 5.74) is 4.65. The fourth-order valence-electron chi connectivity index (χ4n) is 5.26. The lowest BCUT2D eigenvalue weighted by Crippen LogP contribution is -2.36. The minimum absolute atomic E-state index is 0.0896. The van der Waals surface area contributed by atoms with Gasteiger partial charge in [-0.05, 0) is 61.6 Å². The van der Waals surface area contributed by atoms with E-state index in [1.54, 1.807) is 25.5 Å². The molecule has 1 atom stereocenters. The van der Waals surface area contributed by atoms with Crippen LogP contribution in [0.1, 0.15) is 31.1 Å². The Labute approximate surface area is 221 Å². The molecule has 0 aromatic carbocycles. The van der Waals surface area contributed by atoms with Crippen molar-refractivity contribution in [3.63, 3.8) is 0 Å². The molecule has 1 unspecified atom stereocenters. The van der Waals surface area contributed by atoms with Crippen LogP contribution in [-0.4, -0.2) is 72.3 Å². The third kappa shape index (κ3) is 4.65. The number of nitrogens with zero attached hydrogens (tertiary/aromatic N) is 6. The van der Waals surface area contributed by atoms with Crippen molar-refractivity contribution in [3.8, 4) is 22.5 Å². The van der Waals surface area contributed by atoms with Crippen LogP contribution in [-0.2, 0) is 19.3 Å². The van der Waals surface area contributed by atoms with Crippen molar-refractivity contribution in [2.24, 2.45) is 0 Å². The van der Waals surface area contributed by atoms with Crippen molar-refractivity contribution in [1.82, 2.24) is 24.7 Å². The van der Waals surface area contributed by atoms with E-state index in [0.29, 0.717) is 25.4 Å². The third-order valence-corrected chi connectivity index (χ3v) is 8.21. The number of morpholine rings is 1. The van der Waals surface area contributed by atoms with Crippen molar-refractivity contribution in [2.45, 2.75) is 37.4 Å². The number of fused-ring (bicyclic) bond motifs is 1. The lowest BCUT2D eigenvalue weighted by Gasteiger charge is -2.29. The molecule has 198 valence electrons. The summed E-state index contributed by atoms with van der Waals surface area (Å²) in [5.74, 6) is 0.815. The molecular formula is C27H30N6O4S. The molecule has 0 N–H and O–H groups in total. The Morgan fingerprint density at radius 3 is 2.61 bits per heavy atom. The Bertz CT molecular complexity index is 1590. The molecule has 4 aromatic rings. The van der Waals surface area contributed by atoms with Gasteiger partial charge in [-0.3, -0.25) is 4.98 Å². The van der Waals surface area contributed by atoms with Crippen molar-refractivity contribution in [3.05, 3.63) is 48.4 Å². The third-order valence-electron chi connectivity index (χ3n) is 7.08. The number of anilines is 1. The molecule has 11 heteroatoms. The maximum Gasteiger partial charge on any atom is 0.193 e. The summed E-state index contributed by atoms with van der Waals surface area (Å²) in [6, 6.07) is 7.83. The van der Waals surface area contributed by atoms with Gasteiger partial charge in [0.1, 0.15) is 17.0 Å². The monoisotopic (exact) mass is 534 g/mol. The van der Waals surface area contributed by atoms with E-state index in [1.165, 1.54) is 6.26 Å². The van der Waals surface area contributed by atoms with Gasteiger partial charge in [0.25, 0.3) is 0 Å². The van der Waals surface area contributed by atoms with E-state index in [4.69, 9.17) is 19.4 Å². The second-order valence-electron chi connectivity index (χ2n) is 9.78. The Hall–Kier alpha value is -3.41. The topological polar surface area (TPSA) is 112 Å². The van der Waals surface area contributed by atoms with Crippen LogP contribution in [0, 0.1) is 6.92 Å². The first-order valence-electron chi connectivity index (χ1n) is 12.8. The molecule has 0 aliphatic carbocycles. The summed E-state index contributed by atoms with van der Waals surface area (Å²) in [6.45, 7) is 5.20. The Balaban J connectivity index is 1.55. The molecule has 2 aliphatic rings. The average molecular weight is 535 g/mol. The zero-order valence-corrected chi connectivity index (χ0v) is 22.3. The van der Waals surface area contributed by atoms with Gasteiger partial charge in [0.05, 0.1) is 18.9 Å². The smallest absolute Gasteiger partial charge is 0.193 e. The molecule has 0 saturated carbocycles. The van der Waals surface area contributed by atoms with Gasteiger partial charge in [0.15, 0.2) is 21.1 Å². The van der Waals surface area contributed by atoms with Crippen LogP contribution in [0.5, 0.6) is 0 Å². The fraction of sp³-hybridized carbons (Fsp3) is 0.407. The van der Waals surface area contributed by atoms with Crippen LogP contribution < -0.4 is 4.90 Å². The van der Waals surface area contributed by atoms with Gasteiger partial charge < -0.3 is 14.4 Å². The number of aromatic nitrogens is 5. The zero-order valence-electron chi connectivity index (χ0n) is 21.5. The predicted octanol–water partition coefficient (Wildman–Crippen LogP) is 3.80. The van der Waals surface area contributed by atoms with E-state index in [1.807, 2.05) is 22.9 Å². The van der Waals surface area contributed by atoms with Crippen LogP contribution in [0.15, 0.2) is 47.9 Å². The van der Waals surface area contributed by atoms with E-state index in [9.17, 15) is 8.42 Å². The first kappa shape index (κ1) is 24.9. The van der Waals surface area contributed by atoms with Crippen LogP contribution in [0.4, 0.5) is 5.82 Å². The van der Waals surface area contributed by atoms with E-state index in [0.717, 1.165) is 71.6 Å². The lowest BCUT2D eigenvalue weighted by molar-refractivity contribution is -0.0383.